The minimum Gasteiger partial charge on any atom is -0.477 e. The van der Waals surface area contributed by atoms with E-state index in [4.69, 9.17) is 15.2 Å². The number of carbonyl (C=O) groups is 2. The van der Waals surface area contributed by atoms with Crippen molar-refractivity contribution in [1.82, 2.24) is 9.71 Å². The van der Waals surface area contributed by atoms with E-state index in [9.17, 15) is 18.0 Å². The van der Waals surface area contributed by atoms with Crippen LogP contribution in [0.4, 0.5) is 10.6 Å². The fourth-order valence-electron chi connectivity index (χ4n) is 5.41. The first-order chi connectivity index (χ1) is 18.0. The molecule has 0 atom stereocenters. The van der Waals surface area contributed by atoms with Crippen molar-refractivity contribution in [2.45, 2.75) is 80.9 Å². The van der Waals surface area contributed by atoms with Crippen LogP contribution in [0.3, 0.4) is 0 Å². The highest BCUT2D eigenvalue weighted by Gasteiger charge is 2.54. The summed E-state index contributed by atoms with van der Waals surface area (Å²) in [5.74, 6) is 0.749. The molecule has 0 spiro atoms. The lowest BCUT2D eigenvalue weighted by molar-refractivity contribution is -0.128. The molecule has 0 bridgehead atoms. The van der Waals surface area contributed by atoms with Gasteiger partial charge in [0.1, 0.15) is 17.2 Å². The molecule has 5 rings (SSSR count). The van der Waals surface area contributed by atoms with Gasteiger partial charge < -0.3 is 20.1 Å². The summed E-state index contributed by atoms with van der Waals surface area (Å²) in [5.41, 5.74) is 5.25. The Morgan fingerprint density at radius 1 is 1.11 bits per heavy atom. The molecule has 1 aromatic heterocycles. The number of aromatic nitrogens is 1. The summed E-state index contributed by atoms with van der Waals surface area (Å²) in [6.45, 7) is 4.34. The molecule has 1 saturated heterocycles. The number of aryl methyl sites for hydroxylation is 1. The lowest BCUT2D eigenvalue weighted by atomic mass is 9.83. The maximum atomic E-state index is 13.3. The van der Waals surface area contributed by atoms with E-state index >= 15 is 0 Å². The number of hydrogen-bond donors (Lipinski definition) is 2. The van der Waals surface area contributed by atoms with Crippen LogP contribution in [0.1, 0.15) is 68.9 Å². The van der Waals surface area contributed by atoms with Gasteiger partial charge in [0.15, 0.2) is 10.6 Å². The van der Waals surface area contributed by atoms with E-state index in [1.54, 1.807) is 24.0 Å². The van der Waals surface area contributed by atoms with Gasteiger partial charge >= 0.3 is 6.09 Å². The molecule has 10 nitrogen and oxygen atoms in total. The van der Waals surface area contributed by atoms with Crippen LogP contribution in [-0.2, 0) is 19.6 Å². The van der Waals surface area contributed by atoms with Gasteiger partial charge in [-0.2, -0.15) is 8.42 Å². The highest BCUT2D eigenvalue weighted by atomic mass is 32.2. The molecule has 2 aliphatic carbocycles. The summed E-state index contributed by atoms with van der Waals surface area (Å²) in [5, 5.41) is -0.276. The van der Waals surface area contributed by atoms with Crippen LogP contribution in [0, 0.1) is 6.92 Å². The van der Waals surface area contributed by atoms with Crippen LogP contribution in [-0.4, -0.2) is 49.7 Å². The molecule has 0 unspecified atom stereocenters. The van der Waals surface area contributed by atoms with E-state index in [1.165, 1.54) is 25.3 Å². The number of hydrogen-bond acceptors (Lipinski definition) is 8. The van der Waals surface area contributed by atoms with Gasteiger partial charge in [0.2, 0.25) is 0 Å². The van der Waals surface area contributed by atoms with Crippen LogP contribution in [0.5, 0.6) is 5.75 Å². The van der Waals surface area contributed by atoms with Crippen LogP contribution >= 0.6 is 0 Å². The molecule has 3 N–H and O–H groups in total. The smallest absolute Gasteiger partial charge is 0.405 e. The summed E-state index contributed by atoms with van der Waals surface area (Å²) < 4.78 is 39.9. The van der Waals surface area contributed by atoms with E-state index in [-0.39, 0.29) is 5.03 Å². The lowest BCUT2D eigenvalue weighted by Crippen LogP contribution is -2.63. The van der Waals surface area contributed by atoms with Gasteiger partial charge in [0, 0.05) is 12.8 Å². The molecule has 38 heavy (non-hydrogen) atoms. The quantitative estimate of drug-likeness (QED) is 0.516. The predicted octanol–water partition coefficient (Wildman–Crippen LogP) is 3.53. The Kier molecular flexibility index (Phi) is 6.75. The molecule has 2 saturated carbocycles. The van der Waals surface area contributed by atoms with Gasteiger partial charge in [-0.15, -0.1) is 0 Å². The average molecular weight is 543 g/mol. The third-order valence-corrected chi connectivity index (χ3v) is 8.80. The van der Waals surface area contributed by atoms with Gasteiger partial charge in [0.25, 0.3) is 15.9 Å². The number of primary amides is 1. The van der Waals surface area contributed by atoms with Crippen molar-refractivity contribution >= 4 is 27.8 Å². The molecule has 2 heterocycles. The average Bonchev–Trinajstić information content (AvgIpc) is 3.63. The third kappa shape index (κ3) is 5.43. The van der Waals surface area contributed by atoms with Crippen molar-refractivity contribution in [3.63, 3.8) is 0 Å². The van der Waals surface area contributed by atoms with Crippen LogP contribution in [0.15, 0.2) is 41.4 Å². The Bertz CT molecular complexity index is 1350. The molecule has 11 heteroatoms. The topological polar surface area (TPSA) is 141 Å². The molecule has 3 aliphatic rings. The zero-order valence-corrected chi connectivity index (χ0v) is 22.6. The van der Waals surface area contributed by atoms with Crippen molar-refractivity contribution in [3.05, 3.63) is 47.5 Å². The molecule has 1 aromatic carbocycles. The van der Waals surface area contributed by atoms with E-state index in [2.05, 4.69) is 21.8 Å². The number of amides is 2. The number of rotatable bonds is 8. The van der Waals surface area contributed by atoms with Crippen LogP contribution in [0.25, 0.3) is 0 Å². The maximum absolute atomic E-state index is 13.3. The Labute approximate surface area is 222 Å². The number of nitrogens with zero attached hydrogens (tertiary/aromatic N) is 2. The second-order valence-electron chi connectivity index (χ2n) is 11.0. The van der Waals surface area contributed by atoms with E-state index in [1.807, 2.05) is 13.0 Å². The number of sulfonamides is 1. The molecule has 2 amide bonds. The Hall–Kier alpha value is -3.34. The van der Waals surface area contributed by atoms with Crippen LogP contribution in [0.2, 0.25) is 0 Å². The highest BCUT2D eigenvalue weighted by Crippen LogP contribution is 2.45. The lowest BCUT2D eigenvalue weighted by Gasteiger charge is -2.47. The predicted molar refractivity (Wildman–Crippen MR) is 140 cm³/mol. The minimum absolute atomic E-state index is 0.276. The Morgan fingerprint density at radius 3 is 2.47 bits per heavy atom. The number of ether oxygens (including phenoxy) is 2. The number of carbonyl (C=O) groups excluding carboxylic acids is 2. The summed E-state index contributed by atoms with van der Waals surface area (Å²) in [6, 6.07) is 10.6. The first kappa shape index (κ1) is 26.3. The zero-order chi connectivity index (χ0) is 27.1. The summed E-state index contributed by atoms with van der Waals surface area (Å²) in [6.07, 6.45) is 5.74. The maximum Gasteiger partial charge on any atom is 0.405 e. The summed E-state index contributed by atoms with van der Waals surface area (Å²) in [4.78, 5) is 30.4. The van der Waals surface area contributed by atoms with Crippen molar-refractivity contribution in [3.8, 4) is 5.75 Å². The SMILES string of the molecule is Cc1ccc(C2CCCCC2)c(OC2(C(=O)NS(=O)(=O)c3cccc(N4CC(C)(OC(N)=O)C4)n3)CC2)c1. The molecule has 0 radical (unpaired) electrons. The van der Waals surface area contributed by atoms with Crippen molar-refractivity contribution in [1.29, 1.82) is 0 Å². The molecule has 2 aromatic rings. The van der Waals surface area contributed by atoms with E-state index in [0.717, 1.165) is 24.0 Å². The first-order valence-corrected chi connectivity index (χ1v) is 14.5. The Balaban J connectivity index is 1.29. The summed E-state index contributed by atoms with van der Waals surface area (Å²) in [7, 11) is -4.24. The van der Waals surface area contributed by atoms with Crippen LogP contribution < -0.4 is 20.1 Å². The number of anilines is 1. The molecular weight excluding hydrogens is 508 g/mol. The molecular formula is C27H34N4O6S. The number of benzene rings is 1. The fraction of sp³-hybridized carbons (Fsp3) is 0.519. The number of nitrogens with two attached hydrogens (primary N) is 1. The minimum atomic E-state index is -4.24. The zero-order valence-electron chi connectivity index (χ0n) is 21.7. The van der Waals surface area contributed by atoms with Crippen molar-refractivity contribution in [2.75, 3.05) is 18.0 Å². The largest absolute Gasteiger partial charge is 0.477 e. The third-order valence-electron chi connectivity index (χ3n) is 7.57. The highest BCUT2D eigenvalue weighted by molar-refractivity contribution is 7.90. The number of nitrogens with one attached hydrogen (secondary N) is 1. The Morgan fingerprint density at radius 2 is 1.82 bits per heavy atom. The number of pyridine rings is 1. The normalized spacial score (nSPS) is 20.2. The summed E-state index contributed by atoms with van der Waals surface area (Å²) >= 11 is 0. The van der Waals surface area contributed by atoms with Gasteiger partial charge in [-0.3, -0.25) is 4.79 Å². The van der Waals surface area contributed by atoms with Gasteiger partial charge in [0.05, 0.1) is 13.1 Å². The molecule has 3 fully saturated rings. The molecule has 204 valence electrons. The fourth-order valence-corrected chi connectivity index (χ4v) is 6.41. The standard InChI is InChI=1S/C27H34N4O6S/c1-18-11-12-20(19-7-4-3-5-8-19)21(15-18)36-27(13-14-27)24(32)30-38(34,35)23-10-6-9-22(29-23)31-16-26(2,17-31)37-25(28)33/h6,9-12,15,19H,3-5,7-8,13-14,16-17H2,1-2H3,(H2,28,33)(H,30,32). The van der Waals surface area contributed by atoms with Crippen molar-refractivity contribution in [2.24, 2.45) is 5.73 Å². The van der Waals surface area contributed by atoms with Gasteiger partial charge in [-0.05, 0) is 61.9 Å². The van der Waals surface area contributed by atoms with Crippen molar-refractivity contribution < 1.29 is 27.5 Å². The monoisotopic (exact) mass is 542 g/mol. The van der Waals surface area contributed by atoms with Gasteiger partial charge in [-0.25, -0.2) is 14.5 Å². The second kappa shape index (κ2) is 9.76. The van der Waals surface area contributed by atoms with E-state index < -0.39 is 33.2 Å². The van der Waals surface area contributed by atoms with E-state index in [0.29, 0.717) is 43.4 Å². The van der Waals surface area contributed by atoms with Gasteiger partial charge in [-0.1, -0.05) is 37.5 Å². The molecule has 1 aliphatic heterocycles. The second-order valence-corrected chi connectivity index (χ2v) is 12.6. The first-order valence-electron chi connectivity index (χ1n) is 13.1.